The fourth-order valence-corrected chi connectivity index (χ4v) is 3.59. The van der Waals surface area contributed by atoms with Crippen molar-refractivity contribution in [3.63, 3.8) is 0 Å². The molecule has 0 aliphatic rings. The van der Waals surface area contributed by atoms with Crippen LogP contribution in [0.1, 0.15) is 22.7 Å². The Hall–Kier alpha value is -3.63. The van der Waals surface area contributed by atoms with Crippen molar-refractivity contribution in [2.45, 2.75) is 12.6 Å². The highest BCUT2D eigenvalue weighted by atomic mass is 16.5. The van der Waals surface area contributed by atoms with Crippen LogP contribution < -0.4 is 5.32 Å². The lowest BCUT2D eigenvalue weighted by atomic mass is 9.92. The van der Waals surface area contributed by atoms with E-state index in [0.29, 0.717) is 12.2 Å². The van der Waals surface area contributed by atoms with E-state index in [2.05, 4.69) is 5.32 Å². The van der Waals surface area contributed by atoms with Gasteiger partial charge in [-0.2, -0.15) is 0 Å². The summed E-state index contributed by atoms with van der Waals surface area (Å²) in [6.07, 6.45) is 0. The lowest BCUT2D eigenvalue weighted by molar-refractivity contribution is -0.126. The molecular weight excluding hydrogens is 374 g/mol. The Morgan fingerprint density at radius 1 is 0.833 bits per heavy atom. The standard InChI is InChI=1S/C26H23NO3/c28-23-16-15-20-11-7-8-14-22(20)25(23)26(21-12-5-2-6-13-21)27-24(29)18-30-17-19-9-3-1-4-10-19/h1-16,26,28H,17-18H2,(H,27,29). The Balaban J connectivity index is 1.59. The second-order valence-corrected chi connectivity index (χ2v) is 7.11. The second kappa shape index (κ2) is 9.25. The SMILES string of the molecule is O=C(COCc1ccccc1)NC(c1ccccc1)c1c(O)ccc2ccccc12. The van der Waals surface area contributed by atoms with Gasteiger partial charge in [0.05, 0.1) is 12.6 Å². The van der Waals surface area contributed by atoms with Crippen molar-refractivity contribution >= 4 is 16.7 Å². The summed E-state index contributed by atoms with van der Waals surface area (Å²) in [6, 6.07) is 30.3. The van der Waals surface area contributed by atoms with Gasteiger partial charge in [0.15, 0.2) is 0 Å². The topological polar surface area (TPSA) is 58.6 Å². The first kappa shape index (κ1) is 19.7. The maximum atomic E-state index is 12.7. The van der Waals surface area contributed by atoms with Gasteiger partial charge in [-0.1, -0.05) is 91.0 Å². The number of fused-ring (bicyclic) bond motifs is 1. The molecule has 0 aliphatic carbocycles. The predicted molar refractivity (Wildman–Crippen MR) is 118 cm³/mol. The fourth-order valence-electron chi connectivity index (χ4n) is 3.59. The van der Waals surface area contributed by atoms with Crippen molar-refractivity contribution in [3.8, 4) is 5.75 Å². The van der Waals surface area contributed by atoms with Crippen molar-refractivity contribution in [2.75, 3.05) is 6.61 Å². The average Bonchev–Trinajstić information content (AvgIpc) is 2.79. The second-order valence-electron chi connectivity index (χ2n) is 7.11. The number of carbonyl (C=O) groups excluding carboxylic acids is 1. The number of aromatic hydroxyl groups is 1. The van der Waals surface area contributed by atoms with Gasteiger partial charge in [0.2, 0.25) is 5.91 Å². The number of nitrogens with one attached hydrogen (secondary N) is 1. The molecule has 4 rings (SSSR count). The van der Waals surface area contributed by atoms with Crippen LogP contribution in [-0.2, 0) is 16.1 Å². The molecule has 1 amide bonds. The maximum Gasteiger partial charge on any atom is 0.246 e. The van der Waals surface area contributed by atoms with Crippen LogP contribution in [0.4, 0.5) is 0 Å². The zero-order valence-electron chi connectivity index (χ0n) is 16.5. The molecule has 30 heavy (non-hydrogen) atoms. The van der Waals surface area contributed by atoms with Gasteiger partial charge in [-0.15, -0.1) is 0 Å². The van der Waals surface area contributed by atoms with E-state index in [4.69, 9.17) is 4.74 Å². The summed E-state index contributed by atoms with van der Waals surface area (Å²) in [5.41, 5.74) is 2.58. The lowest BCUT2D eigenvalue weighted by Gasteiger charge is -2.22. The van der Waals surface area contributed by atoms with Gasteiger partial charge >= 0.3 is 0 Å². The number of benzene rings is 4. The average molecular weight is 397 g/mol. The summed E-state index contributed by atoms with van der Waals surface area (Å²) in [6.45, 7) is 0.299. The van der Waals surface area contributed by atoms with Crippen LogP contribution in [0.3, 0.4) is 0 Å². The highest BCUT2D eigenvalue weighted by Crippen LogP contribution is 2.35. The predicted octanol–water partition coefficient (Wildman–Crippen LogP) is 4.97. The molecule has 4 heteroatoms. The first-order chi connectivity index (χ1) is 14.7. The van der Waals surface area contributed by atoms with E-state index in [1.54, 1.807) is 6.07 Å². The molecule has 2 N–H and O–H groups in total. The van der Waals surface area contributed by atoms with Crippen molar-refractivity contribution in [2.24, 2.45) is 0 Å². The van der Waals surface area contributed by atoms with Crippen LogP contribution in [0.5, 0.6) is 5.75 Å². The van der Waals surface area contributed by atoms with E-state index in [0.717, 1.165) is 21.9 Å². The summed E-state index contributed by atoms with van der Waals surface area (Å²) in [4.78, 5) is 12.7. The number of rotatable bonds is 7. The molecule has 0 saturated carbocycles. The van der Waals surface area contributed by atoms with Crippen LogP contribution in [0.2, 0.25) is 0 Å². The molecule has 4 aromatic rings. The Labute approximate surface area is 175 Å². The van der Waals surface area contributed by atoms with E-state index in [-0.39, 0.29) is 18.3 Å². The van der Waals surface area contributed by atoms with Crippen LogP contribution in [0.25, 0.3) is 10.8 Å². The normalized spacial score (nSPS) is 11.9. The fraction of sp³-hybridized carbons (Fsp3) is 0.115. The zero-order chi connectivity index (χ0) is 20.8. The van der Waals surface area contributed by atoms with Crippen molar-refractivity contribution < 1.29 is 14.6 Å². The molecule has 0 radical (unpaired) electrons. The number of ether oxygens (including phenoxy) is 1. The highest BCUT2D eigenvalue weighted by molar-refractivity contribution is 5.89. The number of hydrogen-bond acceptors (Lipinski definition) is 3. The summed E-state index contributed by atoms with van der Waals surface area (Å²) >= 11 is 0. The van der Waals surface area contributed by atoms with Crippen LogP contribution in [0, 0.1) is 0 Å². The van der Waals surface area contributed by atoms with Gasteiger partial charge < -0.3 is 15.2 Å². The van der Waals surface area contributed by atoms with Gasteiger partial charge in [-0.25, -0.2) is 0 Å². The third-order valence-electron chi connectivity index (χ3n) is 5.02. The van der Waals surface area contributed by atoms with Crippen LogP contribution in [0.15, 0.2) is 97.1 Å². The molecule has 0 heterocycles. The smallest absolute Gasteiger partial charge is 0.246 e. The minimum atomic E-state index is -0.495. The number of amides is 1. The minimum Gasteiger partial charge on any atom is -0.508 e. The number of phenols is 1. The molecule has 0 aromatic heterocycles. The Bertz CT molecular complexity index is 1130. The van der Waals surface area contributed by atoms with E-state index in [1.807, 2.05) is 91.0 Å². The largest absolute Gasteiger partial charge is 0.508 e. The Morgan fingerprint density at radius 2 is 1.50 bits per heavy atom. The van der Waals surface area contributed by atoms with Crippen molar-refractivity contribution in [1.29, 1.82) is 0 Å². The molecule has 0 spiro atoms. The van der Waals surface area contributed by atoms with E-state index < -0.39 is 6.04 Å². The van der Waals surface area contributed by atoms with Gasteiger partial charge in [-0.05, 0) is 28.0 Å². The number of hydrogen-bond donors (Lipinski definition) is 2. The molecule has 4 nitrogen and oxygen atoms in total. The molecule has 4 aromatic carbocycles. The number of phenolic OH excluding ortho intramolecular Hbond substituents is 1. The number of carbonyl (C=O) groups is 1. The van der Waals surface area contributed by atoms with Crippen LogP contribution >= 0.6 is 0 Å². The first-order valence-electron chi connectivity index (χ1n) is 9.89. The Kier molecular flexibility index (Phi) is 6.06. The molecule has 0 fully saturated rings. The third-order valence-corrected chi connectivity index (χ3v) is 5.02. The zero-order valence-corrected chi connectivity index (χ0v) is 16.5. The maximum absolute atomic E-state index is 12.7. The molecular formula is C26H23NO3. The quantitative estimate of drug-likeness (QED) is 0.463. The van der Waals surface area contributed by atoms with E-state index >= 15 is 0 Å². The third kappa shape index (κ3) is 4.50. The molecule has 150 valence electrons. The summed E-state index contributed by atoms with van der Waals surface area (Å²) < 4.78 is 5.60. The monoisotopic (exact) mass is 397 g/mol. The van der Waals surface area contributed by atoms with Gasteiger partial charge in [0.1, 0.15) is 12.4 Å². The molecule has 1 unspecified atom stereocenters. The first-order valence-corrected chi connectivity index (χ1v) is 9.89. The molecule has 0 bridgehead atoms. The van der Waals surface area contributed by atoms with Crippen LogP contribution in [-0.4, -0.2) is 17.6 Å². The van der Waals surface area contributed by atoms with Crippen molar-refractivity contribution in [3.05, 3.63) is 114 Å². The molecule has 0 saturated heterocycles. The van der Waals surface area contributed by atoms with Gasteiger partial charge in [-0.3, -0.25) is 4.79 Å². The molecule has 0 aliphatic heterocycles. The van der Waals surface area contributed by atoms with Gasteiger partial charge in [0.25, 0.3) is 0 Å². The van der Waals surface area contributed by atoms with E-state index in [1.165, 1.54) is 0 Å². The summed E-state index contributed by atoms with van der Waals surface area (Å²) in [7, 11) is 0. The summed E-state index contributed by atoms with van der Waals surface area (Å²) in [5.74, 6) is -0.0971. The summed E-state index contributed by atoms with van der Waals surface area (Å²) in [5, 5.41) is 15.6. The highest BCUT2D eigenvalue weighted by Gasteiger charge is 2.22. The van der Waals surface area contributed by atoms with E-state index in [9.17, 15) is 9.90 Å². The van der Waals surface area contributed by atoms with Gasteiger partial charge in [0, 0.05) is 5.56 Å². The lowest BCUT2D eigenvalue weighted by Crippen LogP contribution is -2.32. The molecule has 1 atom stereocenters. The Morgan fingerprint density at radius 3 is 2.27 bits per heavy atom. The minimum absolute atomic E-state index is 0.0657. The van der Waals surface area contributed by atoms with Crippen molar-refractivity contribution in [1.82, 2.24) is 5.32 Å².